The van der Waals surface area contributed by atoms with E-state index < -0.39 is 66.6 Å². The van der Waals surface area contributed by atoms with E-state index in [1.165, 1.54) is 19.2 Å². The summed E-state index contributed by atoms with van der Waals surface area (Å²) in [6, 6.07) is 12.2. The molecular formula is C28H34Cl2F5N3O2. The average Bonchev–Trinajstić information content (AvgIpc) is 2.84. The highest BCUT2D eigenvalue weighted by Gasteiger charge is 2.53. The number of rotatable bonds is 14. The van der Waals surface area contributed by atoms with Gasteiger partial charge in [-0.1, -0.05) is 67.4 Å². The van der Waals surface area contributed by atoms with Crippen molar-refractivity contribution in [1.29, 1.82) is 0 Å². The van der Waals surface area contributed by atoms with Crippen LogP contribution in [0.1, 0.15) is 37.8 Å². The zero-order chi connectivity index (χ0) is 30.3. The molecule has 0 aromatic heterocycles. The van der Waals surface area contributed by atoms with Crippen molar-refractivity contribution in [2.45, 2.75) is 63.7 Å². The Balaban J connectivity index is 2.31. The summed E-state index contributed by atoms with van der Waals surface area (Å²) in [4.78, 5) is 25.2. The van der Waals surface area contributed by atoms with Gasteiger partial charge in [0.05, 0.1) is 6.42 Å². The Morgan fingerprint density at radius 3 is 2.02 bits per heavy atom. The topological polar surface area (TPSA) is 98.2 Å². The molecule has 0 bridgehead atoms. The summed E-state index contributed by atoms with van der Waals surface area (Å²) in [7, 11) is 0. The van der Waals surface area contributed by atoms with Crippen molar-refractivity contribution in [3.8, 4) is 0 Å². The van der Waals surface area contributed by atoms with Gasteiger partial charge in [0.25, 0.3) is 5.91 Å². The van der Waals surface area contributed by atoms with Crippen LogP contribution in [0.4, 0.5) is 22.0 Å². The highest BCUT2D eigenvalue weighted by Crippen LogP contribution is 2.32. The van der Waals surface area contributed by atoms with Gasteiger partial charge >= 0.3 is 12.1 Å². The lowest BCUT2D eigenvalue weighted by Gasteiger charge is -2.37. The minimum absolute atomic E-state index is 0.263. The predicted octanol–water partition coefficient (Wildman–Crippen LogP) is 5.98. The monoisotopic (exact) mass is 609 g/mol. The maximum absolute atomic E-state index is 15.0. The zero-order valence-electron chi connectivity index (χ0n) is 22.2. The van der Waals surface area contributed by atoms with Gasteiger partial charge in [0.2, 0.25) is 5.78 Å². The molecule has 0 aliphatic rings. The molecule has 0 radical (unpaired) electrons. The minimum atomic E-state index is -4.66. The molecule has 222 valence electrons. The first kappa shape index (κ1) is 33.9. The fourth-order valence-electron chi connectivity index (χ4n) is 4.70. The van der Waals surface area contributed by atoms with E-state index in [9.17, 15) is 31.5 Å². The van der Waals surface area contributed by atoms with Crippen LogP contribution in [0, 0.1) is 17.8 Å². The van der Waals surface area contributed by atoms with E-state index in [0.717, 1.165) is 11.1 Å². The standard InChI is InChI=1S/C28H34Cl2F5N3O2/c1-16(2)23(25(39)28(34,35)26(40)38-11-10-27(31,32)33)24(37)21(14-17-6-4-3-5-7-17)22(36)9-8-18-12-19(29)15-20(30)13-18/h3-7,12-13,15-16,21-24H,8-11,14,36-37H2,1-2H3,(H,38,40)/t21-,22?,23-,24?/m0/s1. The number of benzene rings is 2. The van der Waals surface area contributed by atoms with E-state index in [-0.39, 0.29) is 6.42 Å². The van der Waals surface area contributed by atoms with Crippen molar-refractivity contribution < 1.29 is 31.5 Å². The van der Waals surface area contributed by atoms with Gasteiger partial charge in [-0.25, -0.2) is 0 Å². The molecule has 5 nitrogen and oxygen atoms in total. The number of halogens is 7. The lowest BCUT2D eigenvalue weighted by Crippen LogP contribution is -2.57. The number of amides is 1. The molecule has 0 spiro atoms. The smallest absolute Gasteiger partial charge is 0.350 e. The summed E-state index contributed by atoms with van der Waals surface area (Å²) in [6.45, 7) is 1.94. The second-order valence-corrected chi connectivity index (χ2v) is 11.1. The Labute approximate surface area is 240 Å². The lowest BCUT2D eigenvalue weighted by molar-refractivity contribution is -0.163. The van der Waals surface area contributed by atoms with Gasteiger partial charge in [-0.3, -0.25) is 9.59 Å². The third-order valence-corrected chi connectivity index (χ3v) is 7.21. The second-order valence-electron chi connectivity index (χ2n) is 10.2. The molecule has 1 amide bonds. The van der Waals surface area contributed by atoms with Crippen LogP contribution in [0.2, 0.25) is 10.0 Å². The fraction of sp³-hybridized carbons (Fsp3) is 0.500. The van der Waals surface area contributed by atoms with Crippen LogP contribution in [0.3, 0.4) is 0 Å². The Bertz CT molecular complexity index is 1110. The molecule has 5 N–H and O–H groups in total. The molecule has 40 heavy (non-hydrogen) atoms. The summed E-state index contributed by atoms with van der Waals surface area (Å²) in [5.74, 6) is -11.3. The zero-order valence-corrected chi connectivity index (χ0v) is 23.7. The maximum Gasteiger partial charge on any atom is 0.390 e. The molecule has 0 aliphatic carbocycles. The van der Waals surface area contributed by atoms with Gasteiger partial charge in [-0.2, -0.15) is 22.0 Å². The number of aryl methyl sites for hydroxylation is 1. The molecule has 0 fully saturated rings. The van der Waals surface area contributed by atoms with Gasteiger partial charge in [0.15, 0.2) is 0 Å². The van der Waals surface area contributed by atoms with Crippen molar-refractivity contribution in [2.75, 3.05) is 6.54 Å². The molecule has 0 heterocycles. The Hall–Kier alpha value is -2.27. The number of carbonyl (C=O) groups excluding carboxylic acids is 2. The van der Waals surface area contributed by atoms with Gasteiger partial charge in [-0.05, 0) is 60.4 Å². The Morgan fingerprint density at radius 2 is 1.50 bits per heavy atom. The van der Waals surface area contributed by atoms with Crippen molar-refractivity contribution in [1.82, 2.24) is 5.32 Å². The van der Waals surface area contributed by atoms with E-state index in [1.807, 2.05) is 12.1 Å². The molecule has 2 unspecified atom stereocenters. The van der Waals surface area contributed by atoms with E-state index in [2.05, 4.69) is 0 Å². The second kappa shape index (κ2) is 14.6. The van der Waals surface area contributed by atoms with Crippen LogP contribution in [0.25, 0.3) is 0 Å². The van der Waals surface area contributed by atoms with Crippen molar-refractivity contribution in [3.63, 3.8) is 0 Å². The van der Waals surface area contributed by atoms with Crippen molar-refractivity contribution in [3.05, 3.63) is 69.7 Å². The number of nitrogens with two attached hydrogens (primary N) is 2. The number of ketones is 1. The summed E-state index contributed by atoms with van der Waals surface area (Å²) in [6.07, 6.45) is -5.11. The first-order valence-corrected chi connectivity index (χ1v) is 13.6. The number of alkyl halides is 5. The van der Waals surface area contributed by atoms with Crippen LogP contribution in [0.5, 0.6) is 0 Å². The first-order chi connectivity index (χ1) is 18.5. The molecule has 2 aromatic rings. The largest absolute Gasteiger partial charge is 0.390 e. The third-order valence-electron chi connectivity index (χ3n) is 6.77. The van der Waals surface area contributed by atoms with Crippen LogP contribution in [-0.4, -0.2) is 42.4 Å². The summed E-state index contributed by atoms with van der Waals surface area (Å²) >= 11 is 12.2. The van der Waals surface area contributed by atoms with Crippen molar-refractivity contribution in [2.24, 2.45) is 29.2 Å². The molecule has 0 saturated carbocycles. The first-order valence-electron chi connectivity index (χ1n) is 12.8. The minimum Gasteiger partial charge on any atom is -0.350 e. The van der Waals surface area contributed by atoms with Crippen LogP contribution < -0.4 is 16.8 Å². The number of carbonyl (C=O) groups is 2. The van der Waals surface area contributed by atoms with Crippen molar-refractivity contribution >= 4 is 34.9 Å². The molecule has 2 rings (SSSR count). The van der Waals surface area contributed by atoms with Gasteiger partial charge in [0.1, 0.15) is 0 Å². The van der Waals surface area contributed by atoms with Gasteiger partial charge < -0.3 is 16.8 Å². The normalized spacial score (nSPS) is 15.4. The highest BCUT2D eigenvalue weighted by atomic mass is 35.5. The molecule has 0 saturated heterocycles. The number of Topliss-reactive ketones (excluding diaryl/α,β-unsaturated/α-hetero) is 1. The number of hydrogen-bond acceptors (Lipinski definition) is 4. The third kappa shape index (κ3) is 9.98. The van der Waals surface area contributed by atoms with E-state index >= 15 is 0 Å². The van der Waals surface area contributed by atoms with E-state index in [4.69, 9.17) is 34.7 Å². The predicted molar refractivity (Wildman–Crippen MR) is 146 cm³/mol. The quantitative estimate of drug-likeness (QED) is 0.181. The fourth-order valence-corrected chi connectivity index (χ4v) is 5.27. The lowest BCUT2D eigenvalue weighted by atomic mass is 9.72. The van der Waals surface area contributed by atoms with Crippen LogP contribution in [-0.2, 0) is 22.4 Å². The van der Waals surface area contributed by atoms with Gasteiger partial charge in [-0.15, -0.1) is 0 Å². The van der Waals surface area contributed by atoms with Crippen LogP contribution >= 0.6 is 23.2 Å². The Kier molecular flexibility index (Phi) is 12.4. The summed E-state index contributed by atoms with van der Waals surface area (Å²) in [5.41, 5.74) is 14.7. The molecule has 4 atom stereocenters. The SMILES string of the molecule is CC(C)[C@H](C(=O)C(F)(F)C(=O)NCCC(F)(F)F)C(N)[C@@H](Cc1ccccc1)C(N)CCc1cc(Cl)cc(Cl)c1. The molecule has 12 heteroatoms. The van der Waals surface area contributed by atoms with Crippen LogP contribution in [0.15, 0.2) is 48.5 Å². The highest BCUT2D eigenvalue weighted by molar-refractivity contribution is 6.34. The molecular weight excluding hydrogens is 576 g/mol. The summed E-state index contributed by atoms with van der Waals surface area (Å²) in [5, 5.41) is 2.39. The number of nitrogens with one attached hydrogen (secondary N) is 1. The van der Waals surface area contributed by atoms with Gasteiger partial charge in [0, 0.05) is 34.6 Å². The average molecular weight is 610 g/mol. The summed E-state index contributed by atoms with van der Waals surface area (Å²) < 4.78 is 67.2. The Morgan fingerprint density at radius 1 is 0.925 bits per heavy atom. The molecule has 2 aromatic carbocycles. The van der Waals surface area contributed by atoms with E-state index in [0.29, 0.717) is 22.9 Å². The number of hydrogen-bond donors (Lipinski definition) is 3. The van der Waals surface area contributed by atoms with E-state index in [1.54, 1.807) is 36.4 Å². The maximum atomic E-state index is 15.0. The molecule has 0 aliphatic heterocycles.